The van der Waals surface area contributed by atoms with E-state index < -0.39 is 17.7 Å². The van der Waals surface area contributed by atoms with Gasteiger partial charge in [0.15, 0.2) is 0 Å². The molecule has 32 heavy (non-hydrogen) atoms. The number of carbonyl (C=O) groups is 2. The van der Waals surface area contributed by atoms with Crippen molar-refractivity contribution in [3.63, 3.8) is 0 Å². The third-order valence-corrected chi connectivity index (χ3v) is 5.50. The van der Waals surface area contributed by atoms with Crippen molar-refractivity contribution in [1.82, 2.24) is 9.80 Å². The van der Waals surface area contributed by atoms with Gasteiger partial charge in [-0.15, -0.1) is 0 Å². The Labute approximate surface area is 188 Å². The number of ketones is 1. The molecule has 2 aromatic rings. The van der Waals surface area contributed by atoms with Gasteiger partial charge in [-0.1, -0.05) is 12.1 Å². The Balaban J connectivity index is 2.12. The summed E-state index contributed by atoms with van der Waals surface area (Å²) in [6.45, 7) is 5.24. The van der Waals surface area contributed by atoms with Crippen molar-refractivity contribution in [2.24, 2.45) is 0 Å². The van der Waals surface area contributed by atoms with Gasteiger partial charge in [-0.05, 0) is 69.4 Å². The van der Waals surface area contributed by atoms with Gasteiger partial charge in [0, 0.05) is 18.7 Å². The Bertz CT molecular complexity index is 1030. The number of ether oxygens (including phenoxy) is 2. The van der Waals surface area contributed by atoms with E-state index in [4.69, 9.17) is 9.47 Å². The van der Waals surface area contributed by atoms with E-state index in [2.05, 4.69) is 0 Å². The first-order valence-corrected chi connectivity index (χ1v) is 10.6. The van der Waals surface area contributed by atoms with Gasteiger partial charge in [0.1, 0.15) is 17.3 Å². The average Bonchev–Trinajstić information content (AvgIpc) is 3.02. The summed E-state index contributed by atoms with van der Waals surface area (Å²) in [5.74, 6) is -0.116. The van der Waals surface area contributed by atoms with Crippen molar-refractivity contribution in [3.05, 3.63) is 64.7 Å². The normalized spacial score (nSPS) is 17.8. The smallest absolute Gasteiger partial charge is 0.295 e. The maximum Gasteiger partial charge on any atom is 0.295 e. The molecule has 3 rings (SSSR count). The number of hydrogen-bond acceptors (Lipinski definition) is 6. The van der Waals surface area contributed by atoms with Gasteiger partial charge < -0.3 is 24.4 Å². The predicted molar refractivity (Wildman–Crippen MR) is 123 cm³/mol. The standard InChI is InChI=1S/C25H30N2O5/c1-6-32-19-10-7-17(8-11-19)22-21(24(29)25(30)27(22)14-13-26(3)4)23(28)18-9-12-20(31-5)16(2)15-18/h7-12,15,22,28H,6,13-14H2,1-5H3. The lowest BCUT2D eigenvalue weighted by atomic mass is 9.94. The zero-order chi connectivity index (χ0) is 23.4. The van der Waals surface area contributed by atoms with Crippen LogP contribution in [0.1, 0.15) is 29.7 Å². The molecule has 0 spiro atoms. The van der Waals surface area contributed by atoms with Crippen molar-refractivity contribution in [2.45, 2.75) is 19.9 Å². The molecule has 1 unspecified atom stereocenters. The number of aliphatic hydroxyl groups is 1. The van der Waals surface area contributed by atoms with E-state index in [9.17, 15) is 14.7 Å². The lowest BCUT2D eigenvalue weighted by Crippen LogP contribution is -2.35. The summed E-state index contributed by atoms with van der Waals surface area (Å²) < 4.78 is 10.8. The van der Waals surface area contributed by atoms with Gasteiger partial charge in [0.05, 0.1) is 25.3 Å². The largest absolute Gasteiger partial charge is 0.507 e. The summed E-state index contributed by atoms with van der Waals surface area (Å²) in [5, 5.41) is 11.2. The first kappa shape index (κ1) is 23.3. The fourth-order valence-electron chi connectivity index (χ4n) is 3.86. The van der Waals surface area contributed by atoms with Crippen molar-refractivity contribution in [2.75, 3.05) is 40.9 Å². The van der Waals surface area contributed by atoms with E-state index in [0.717, 1.165) is 11.1 Å². The van der Waals surface area contributed by atoms with E-state index >= 15 is 0 Å². The molecule has 2 aromatic carbocycles. The van der Waals surface area contributed by atoms with Crippen LogP contribution in [-0.2, 0) is 9.59 Å². The summed E-state index contributed by atoms with van der Waals surface area (Å²) >= 11 is 0. The Morgan fingerprint density at radius 2 is 1.81 bits per heavy atom. The number of aryl methyl sites for hydroxylation is 1. The number of nitrogens with zero attached hydrogens (tertiary/aromatic N) is 2. The van der Waals surface area contributed by atoms with Crippen LogP contribution in [-0.4, -0.2) is 67.5 Å². The molecule has 0 aromatic heterocycles. The topological polar surface area (TPSA) is 79.3 Å². The van der Waals surface area contributed by atoms with Gasteiger partial charge in [-0.25, -0.2) is 0 Å². The summed E-state index contributed by atoms with van der Waals surface area (Å²) in [6.07, 6.45) is 0. The third kappa shape index (κ3) is 4.62. The van der Waals surface area contributed by atoms with Crippen LogP contribution < -0.4 is 9.47 Å². The molecule has 1 aliphatic heterocycles. The van der Waals surface area contributed by atoms with Crippen LogP contribution in [0, 0.1) is 6.92 Å². The molecule has 170 valence electrons. The minimum absolute atomic E-state index is 0.0856. The van der Waals surface area contributed by atoms with Crippen LogP contribution >= 0.6 is 0 Å². The summed E-state index contributed by atoms with van der Waals surface area (Å²) in [6, 6.07) is 11.8. The second kappa shape index (κ2) is 9.87. The Kier molecular flexibility index (Phi) is 7.20. The van der Waals surface area contributed by atoms with E-state index in [1.54, 1.807) is 25.3 Å². The van der Waals surface area contributed by atoms with Crippen LogP contribution in [0.2, 0.25) is 0 Å². The van der Waals surface area contributed by atoms with Crippen LogP contribution in [0.15, 0.2) is 48.0 Å². The number of likely N-dealkylation sites (N-methyl/N-ethyl adjacent to an activating group) is 1. The first-order valence-electron chi connectivity index (χ1n) is 10.6. The summed E-state index contributed by atoms with van der Waals surface area (Å²) in [5.41, 5.74) is 2.10. The molecule has 0 bridgehead atoms. The SMILES string of the molecule is CCOc1ccc(C2C(=C(O)c3ccc(OC)c(C)c3)C(=O)C(=O)N2CCN(C)C)cc1. The Hall–Kier alpha value is -3.32. The molecule has 7 heteroatoms. The number of Topliss-reactive ketones (excluding diaryl/α,β-unsaturated/α-hetero) is 1. The molecule has 0 saturated carbocycles. The molecule has 1 N–H and O–H groups in total. The number of hydrogen-bond donors (Lipinski definition) is 1. The highest BCUT2D eigenvalue weighted by Gasteiger charge is 2.45. The first-order chi connectivity index (χ1) is 15.3. The van der Waals surface area contributed by atoms with E-state index in [1.165, 1.54) is 4.90 Å². The van der Waals surface area contributed by atoms with Crippen molar-refractivity contribution >= 4 is 17.4 Å². The van der Waals surface area contributed by atoms with Gasteiger partial charge in [0.2, 0.25) is 0 Å². The van der Waals surface area contributed by atoms with E-state index in [0.29, 0.717) is 36.8 Å². The maximum atomic E-state index is 13.1. The summed E-state index contributed by atoms with van der Waals surface area (Å²) in [4.78, 5) is 29.5. The van der Waals surface area contributed by atoms with Crippen LogP contribution in [0.3, 0.4) is 0 Å². The fraction of sp³-hybridized carbons (Fsp3) is 0.360. The molecular formula is C25H30N2O5. The zero-order valence-corrected chi connectivity index (χ0v) is 19.2. The van der Waals surface area contributed by atoms with E-state index in [-0.39, 0.29) is 11.3 Å². The zero-order valence-electron chi connectivity index (χ0n) is 19.2. The lowest BCUT2D eigenvalue weighted by molar-refractivity contribution is -0.140. The highest BCUT2D eigenvalue weighted by Crippen LogP contribution is 2.40. The molecule has 1 atom stereocenters. The van der Waals surface area contributed by atoms with Crippen LogP contribution in [0.5, 0.6) is 11.5 Å². The number of rotatable bonds is 8. The third-order valence-electron chi connectivity index (χ3n) is 5.50. The quantitative estimate of drug-likeness (QED) is 0.387. The van der Waals surface area contributed by atoms with Crippen LogP contribution in [0.4, 0.5) is 0 Å². The molecular weight excluding hydrogens is 408 g/mol. The lowest BCUT2D eigenvalue weighted by Gasteiger charge is -2.26. The number of benzene rings is 2. The molecule has 1 amide bonds. The van der Waals surface area contributed by atoms with Gasteiger partial charge >= 0.3 is 0 Å². The molecule has 1 saturated heterocycles. The number of carbonyl (C=O) groups excluding carboxylic acids is 2. The fourth-order valence-corrected chi connectivity index (χ4v) is 3.86. The van der Waals surface area contributed by atoms with Crippen molar-refractivity contribution in [3.8, 4) is 11.5 Å². The predicted octanol–water partition coefficient (Wildman–Crippen LogP) is 3.39. The molecule has 0 radical (unpaired) electrons. The Morgan fingerprint density at radius 3 is 2.38 bits per heavy atom. The molecule has 1 fully saturated rings. The average molecular weight is 439 g/mol. The number of amides is 1. The van der Waals surface area contributed by atoms with Crippen molar-refractivity contribution in [1.29, 1.82) is 0 Å². The Morgan fingerprint density at radius 1 is 1.12 bits per heavy atom. The van der Waals surface area contributed by atoms with Gasteiger partial charge in [0.25, 0.3) is 11.7 Å². The minimum Gasteiger partial charge on any atom is -0.507 e. The van der Waals surface area contributed by atoms with Crippen LogP contribution in [0.25, 0.3) is 5.76 Å². The number of likely N-dealkylation sites (tertiary alicyclic amines) is 1. The summed E-state index contributed by atoms with van der Waals surface area (Å²) in [7, 11) is 5.38. The molecule has 1 heterocycles. The van der Waals surface area contributed by atoms with Gasteiger partial charge in [-0.3, -0.25) is 9.59 Å². The highest BCUT2D eigenvalue weighted by molar-refractivity contribution is 6.46. The van der Waals surface area contributed by atoms with Gasteiger partial charge in [-0.2, -0.15) is 0 Å². The highest BCUT2D eigenvalue weighted by atomic mass is 16.5. The monoisotopic (exact) mass is 438 g/mol. The second-order valence-electron chi connectivity index (χ2n) is 7.98. The molecule has 7 nitrogen and oxygen atoms in total. The van der Waals surface area contributed by atoms with E-state index in [1.807, 2.05) is 57.1 Å². The minimum atomic E-state index is -0.687. The van der Waals surface area contributed by atoms with Crippen molar-refractivity contribution < 1.29 is 24.2 Å². The second-order valence-corrected chi connectivity index (χ2v) is 7.98. The molecule has 1 aliphatic rings. The number of aliphatic hydroxyl groups excluding tert-OH is 1. The number of methoxy groups -OCH3 is 1. The maximum absolute atomic E-state index is 13.1. The molecule has 0 aliphatic carbocycles.